The summed E-state index contributed by atoms with van der Waals surface area (Å²) in [4.78, 5) is 6.94. The van der Waals surface area contributed by atoms with Crippen LogP contribution in [0.3, 0.4) is 0 Å². The van der Waals surface area contributed by atoms with E-state index in [1.54, 1.807) is 0 Å². The van der Waals surface area contributed by atoms with Crippen LogP contribution in [-0.4, -0.2) is 20.8 Å². The fourth-order valence-electron chi connectivity index (χ4n) is 5.39. The minimum absolute atomic E-state index is 0.0620. The van der Waals surface area contributed by atoms with Crippen molar-refractivity contribution in [3.63, 3.8) is 0 Å². The van der Waals surface area contributed by atoms with E-state index in [0.29, 0.717) is 5.11 Å². The van der Waals surface area contributed by atoms with E-state index in [2.05, 4.69) is 84.1 Å². The van der Waals surface area contributed by atoms with Crippen LogP contribution in [-0.2, 0) is 6.42 Å². The van der Waals surface area contributed by atoms with E-state index in [1.165, 1.54) is 28.2 Å². The van der Waals surface area contributed by atoms with Crippen LogP contribution in [0.1, 0.15) is 61.1 Å². The van der Waals surface area contributed by atoms with Crippen LogP contribution in [0.2, 0.25) is 0 Å². The highest BCUT2D eigenvalue weighted by atomic mass is 32.1. The normalized spacial score (nSPS) is 17.4. The van der Waals surface area contributed by atoms with Gasteiger partial charge >= 0.3 is 0 Å². The van der Waals surface area contributed by atoms with Crippen LogP contribution in [0.15, 0.2) is 79.0 Å². The van der Waals surface area contributed by atoms with Gasteiger partial charge < -0.3 is 19.5 Å². The van der Waals surface area contributed by atoms with Crippen molar-refractivity contribution in [1.82, 2.24) is 14.9 Å². The van der Waals surface area contributed by atoms with Crippen molar-refractivity contribution in [2.75, 3.05) is 4.90 Å². The molecule has 5 nitrogen and oxygen atoms in total. The zero-order valence-corrected chi connectivity index (χ0v) is 22.9. The van der Waals surface area contributed by atoms with E-state index in [1.807, 2.05) is 44.3 Å². The number of hydrogen-bond acceptors (Lipinski definition) is 3. The summed E-state index contributed by atoms with van der Waals surface area (Å²) in [5.74, 6) is 0.851. The molecule has 0 amide bonds. The number of anilines is 1. The molecule has 1 saturated heterocycles. The number of hydrogen-bond donors (Lipinski definition) is 1. The molecule has 190 valence electrons. The van der Waals surface area contributed by atoms with Crippen LogP contribution >= 0.6 is 12.2 Å². The molecule has 2 unspecified atom stereocenters. The number of aromatic nitrogens is 2. The van der Waals surface area contributed by atoms with Crippen molar-refractivity contribution in [1.29, 1.82) is 0 Å². The lowest BCUT2D eigenvalue weighted by molar-refractivity contribution is 0.242. The molecule has 0 radical (unpaired) electrons. The van der Waals surface area contributed by atoms with Gasteiger partial charge in [0.1, 0.15) is 5.75 Å². The lowest BCUT2D eigenvalue weighted by Crippen LogP contribution is -2.29. The third-order valence-corrected chi connectivity index (χ3v) is 7.30. The molecule has 2 aromatic carbocycles. The number of nitrogens with one attached hydrogen (secondary N) is 1. The highest BCUT2D eigenvalue weighted by Gasteiger charge is 2.42. The van der Waals surface area contributed by atoms with Gasteiger partial charge in [0.15, 0.2) is 5.11 Å². The molecule has 1 N–H and O–H groups in total. The molecule has 1 aliphatic rings. The summed E-state index contributed by atoms with van der Waals surface area (Å²) >= 11 is 5.94. The average molecular weight is 511 g/mol. The molecule has 1 aliphatic heterocycles. The molecule has 4 aromatic rings. The summed E-state index contributed by atoms with van der Waals surface area (Å²) in [5, 5.41) is 4.28. The number of para-hydroxylation sites is 1. The summed E-state index contributed by atoms with van der Waals surface area (Å²) in [5.41, 5.74) is 8.19. The number of ether oxygens (including phenoxy) is 1. The summed E-state index contributed by atoms with van der Waals surface area (Å²) in [6.45, 7) is 10.7. The number of pyridine rings is 1. The predicted molar refractivity (Wildman–Crippen MR) is 155 cm³/mol. The topological polar surface area (TPSA) is 42.3 Å². The van der Waals surface area contributed by atoms with Gasteiger partial charge in [0.2, 0.25) is 0 Å². The highest BCUT2D eigenvalue weighted by molar-refractivity contribution is 7.80. The second-order valence-electron chi connectivity index (χ2n) is 9.80. The average Bonchev–Trinajstić information content (AvgIpc) is 3.39. The van der Waals surface area contributed by atoms with E-state index in [-0.39, 0.29) is 18.2 Å². The number of rotatable bonds is 7. The fourth-order valence-corrected chi connectivity index (χ4v) is 5.74. The van der Waals surface area contributed by atoms with Crippen LogP contribution in [0.5, 0.6) is 5.75 Å². The van der Waals surface area contributed by atoms with E-state index in [9.17, 15) is 0 Å². The maximum atomic E-state index is 5.94. The Morgan fingerprint density at radius 1 is 1.00 bits per heavy atom. The molecule has 2 aromatic heterocycles. The molecule has 2 atom stereocenters. The number of nitrogens with zero attached hydrogens (tertiary/aromatic N) is 3. The highest BCUT2D eigenvalue weighted by Crippen LogP contribution is 2.44. The minimum Gasteiger partial charge on any atom is -0.491 e. The third kappa shape index (κ3) is 4.74. The molecular formula is C31H34N4OS. The van der Waals surface area contributed by atoms with Crippen molar-refractivity contribution in [2.45, 2.75) is 59.2 Å². The molecule has 0 bridgehead atoms. The first kappa shape index (κ1) is 25.0. The molecular weight excluding hydrogens is 476 g/mol. The van der Waals surface area contributed by atoms with Gasteiger partial charge in [-0.2, -0.15) is 0 Å². The Morgan fingerprint density at radius 3 is 2.41 bits per heavy atom. The van der Waals surface area contributed by atoms with Crippen molar-refractivity contribution in [2.24, 2.45) is 0 Å². The number of thiocarbonyl (C=S) groups is 1. The molecule has 1 fully saturated rings. The molecule has 3 heterocycles. The Labute approximate surface area is 225 Å². The Hall–Kier alpha value is -3.64. The molecule has 6 heteroatoms. The largest absolute Gasteiger partial charge is 0.491 e. The van der Waals surface area contributed by atoms with E-state index >= 15 is 0 Å². The lowest BCUT2D eigenvalue weighted by atomic mass is 9.96. The Morgan fingerprint density at radius 2 is 1.73 bits per heavy atom. The van der Waals surface area contributed by atoms with E-state index in [0.717, 1.165) is 23.6 Å². The van der Waals surface area contributed by atoms with Crippen molar-refractivity contribution >= 4 is 23.0 Å². The predicted octanol–water partition coefficient (Wildman–Crippen LogP) is 7.02. The molecule has 37 heavy (non-hydrogen) atoms. The third-order valence-electron chi connectivity index (χ3n) is 6.99. The number of benzene rings is 2. The first-order valence-electron chi connectivity index (χ1n) is 12.9. The van der Waals surface area contributed by atoms with E-state index in [4.69, 9.17) is 21.9 Å². The maximum Gasteiger partial charge on any atom is 0.174 e. The molecule has 0 saturated carbocycles. The molecule has 0 spiro atoms. The van der Waals surface area contributed by atoms with Gasteiger partial charge in [0.05, 0.1) is 23.9 Å². The minimum atomic E-state index is -0.0874. The zero-order chi connectivity index (χ0) is 26.1. The van der Waals surface area contributed by atoms with Gasteiger partial charge in [-0.1, -0.05) is 31.2 Å². The standard InChI is InChI=1S/C31H34N4OS/c1-6-23-11-7-8-13-28(23)34-21(4)19-26(22(34)5)30-29(27-12-9-10-18-32-27)33-31(37)35(30)24-14-16-25(17-15-24)36-20(2)3/h7-20,29-30H,6H2,1-5H3,(H,33,37). The Balaban J connectivity index is 1.64. The van der Waals surface area contributed by atoms with Gasteiger partial charge in [-0.25, -0.2) is 0 Å². The molecule has 0 aliphatic carbocycles. The van der Waals surface area contributed by atoms with Crippen molar-refractivity contribution in [3.8, 4) is 11.4 Å². The SMILES string of the molecule is CCc1ccccc1-n1c(C)cc(C2C(c3ccccn3)NC(=S)N2c2ccc(OC(C)C)cc2)c1C. The first-order chi connectivity index (χ1) is 17.9. The summed E-state index contributed by atoms with van der Waals surface area (Å²) in [6.07, 6.45) is 2.95. The Bertz CT molecular complexity index is 1390. The second-order valence-corrected chi connectivity index (χ2v) is 10.2. The van der Waals surface area contributed by atoms with Crippen LogP contribution < -0.4 is 15.0 Å². The van der Waals surface area contributed by atoms with Crippen LogP contribution in [0.25, 0.3) is 5.69 Å². The maximum absolute atomic E-state index is 5.94. The van der Waals surface area contributed by atoms with Gasteiger partial charge in [-0.3, -0.25) is 4.98 Å². The Kier molecular flexibility index (Phi) is 7.02. The molecule has 5 rings (SSSR count). The monoisotopic (exact) mass is 510 g/mol. The van der Waals surface area contributed by atoms with Crippen molar-refractivity contribution in [3.05, 3.63) is 107 Å². The first-order valence-corrected chi connectivity index (χ1v) is 13.3. The summed E-state index contributed by atoms with van der Waals surface area (Å²) < 4.78 is 8.27. The second kappa shape index (κ2) is 10.4. The van der Waals surface area contributed by atoms with E-state index < -0.39 is 0 Å². The zero-order valence-electron chi connectivity index (χ0n) is 22.1. The van der Waals surface area contributed by atoms with Crippen molar-refractivity contribution < 1.29 is 4.74 Å². The van der Waals surface area contributed by atoms with Gasteiger partial charge in [0, 0.05) is 29.0 Å². The van der Waals surface area contributed by atoms with Crippen LogP contribution in [0, 0.1) is 13.8 Å². The van der Waals surface area contributed by atoms with Gasteiger partial charge in [-0.05, 0) is 106 Å². The van der Waals surface area contributed by atoms with Crippen LogP contribution in [0.4, 0.5) is 5.69 Å². The fraction of sp³-hybridized carbons (Fsp3) is 0.290. The summed E-state index contributed by atoms with van der Waals surface area (Å²) in [7, 11) is 0. The van der Waals surface area contributed by atoms with Gasteiger partial charge in [-0.15, -0.1) is 0 Å². The summed E-state index contributed by atoms with van der Waals surface area (Å²) in [6, 6.07) is 25.1. The smallest absolute Gasteiger partial charge is 0.174 e. The van der Waals surface area contributed by atoms with Gasteiger partial charge in [0.25, 0.3) is 0 Å². The quantitative estimate of drug-likeness (QED) is 0.271. The number of aryl methyl sites for hydroxylation is 2. The lowest BCUT2D eigenvalue weighted by Gasteiger charge is -2.28.